The SMILES string of the molecule is CCCCC(CC)c1nc(C(C)C)n[nH]1. The van der Waals surface area contributed by atoms with E-state index in [1.165, 1.54) is 19.3 Å². The number of nitrogens with zero attached hydrogens (tertiary/aromatic N) is 2. The van der Waals surface area contributed by atoms with E-state index in [0.29, 0.717) is 11.8 Å². The van der Waals surface area contributed by atoms with E-state index in [4.69, 9.17) is 0 Å². The minimum Gasteiger partial charge on any atom is -0.263 e. The lowest BCUT2D eigenvalue weighted by Gasteiger charge is -2.10. The van der Waals surface area contributed by atoms with Gasteiger partial charge in [-0.15, -0.1) is 0 Å². The predicted molar refractivity (Wildman–Crippen MR) is 63.0 cm³/mol. The summed E-state index contributed by atoms with van der Waals surface area (Å²) in [4.78, 5) is 4.57. The van der Waals surface area contributed by atoms with Gasteiger partial charge < -0.3 is 0 Å². The summed E-state index contributed by atoms with van der Waals surface area (Å²) in [6.45, 7) is 8.70. The molecular weight excluding hydrogens is 186 g/mol. The minimum atomic E-state index is 0.415. The molecule has 0 spiro atoms. The van der Waals surface area contributed by atoms with E-state index in [1.807, 2.05) is 0 Å². The van der Waals surface area contributed by atoms with Crippen LogP contribution in [0.15, 0.2) is 0 Å². The van der Waals surface area contributed by atoms with Crippen LogP contribution in [0.1, 0.15) is 76.9 Å². The Kier molecular flexibility index (Phi) is 4.79. The zero-order valence-corrected chi connectivity index (χ0v) is 10.4. The molecule has 0 aliphatic heterocycles. The first kappa shape index (κ1) is 12.2. The molecule has 0 saturated carbocycles. The van der Waals surface area contributed by atoms with Gasteiger partial charge in [-0.25, -0.2) is 4.98 Å². The largest absolute Gasteiger partial charge is 0.263 e. The molecule has 0 bridgehead atoms. The van der Waals surface area contributed by atoms with E-state index in [2.05, 4.69) is 42.9 Å². The van der Waals surface area contributed by atoms with E-state index < -0.39 is 0 Å². The quantitative estimate of drug-likeness (QED) is 0.777. The van der Waals surface area contributed by atoms with Crippen molar-refractivity contribution in [3.8, 4) is 0 Å². The second kappa shape index (κ2) is 5.89. The molecule has 0 aliphatic rings. The zero-order valence-electron chi connectivity index (χ0n) is 10.4. The van der Waals surface area contributed by atoms with Gasteiger partial charge in [0.15, 0.2) is 5.82 Å². The molecule has 0 radical (unpaired) electrons. The second-order valence-electron chi connectivity index (χ2n) is 4.48. The van der Waals surface area contributed by atoms with Crippen LogP contribution in [0.3, 0.4) is 0 Å². The fraction of sp³-hybridized carbons (Fsp3) is 0.833. The third-order valence-electron chi connectivity index (χ3n) is 2.82. The molecule has 1 atom stereocenters. The molecule has 1 rings (SSSR count). The standard InChI is InChI=1S/C12H23N3/c1-5-7-8-10(6-2)12-13-11(9(3)4)14-15-12/h9-10H,5-8H2,1-4H3,(H,13,14,15). The van der Waals surface area contributed by atoms with Crippen LogP contribution in [0.4, 0.5) is 0 Å². The van der Waals surface area contributed by atoms with E-state index in [-0.39, 0.29) is 0 Å². The summed E-state index contributed by atoms with van der Waals surface area (Å²) in [6.07, 6.45) is 4.89. The Morgan fingerprint density at radius 1 is 1.27 bits per heavy atom. The highest BCUT2D eigenvalue weighted by atomic mass is 15.2. The van der Waals surface area contributed by atoms with Gasteiger partial charge in [0.1, 0.15) is 5.82 Å². The van der Waals surface area contributed by atoms with Crippen molar-refractivity contribution < 1.29 is 0 Å². The van der Waals surface area contributed by atoms with Gasteiger partial charge in [-0.05, 0) is 12.8 Å². The normalized spacial score (nSPS) is 13.4. The van der Waals surface area contributed by atoms with Gasteiger partial charge in [0.2, 0.25) is 0 Å². The van der Waals surface area contributed by atoms with E-state index >= 15 is 0 Å². The maximum absolute atomic E-state index is 4.57. The molecule has 0 aromatic carbocycles. The molecule has 0 aliphatic carbocycles. The Hall–Kier alpha value is -0.860. The number of hydrogen-bond acceptors (Lipinski definition) is 2. The number of nitrogens with one attached hydrogen (secondary N) is 1. The molecule has 1 aromatic heterocycles. The molecule has 1 heterocycles. The van der Waals surface area contributed by atoms with Crippen LogP contribution < -0.4 is 0 Å². The number of aromatic nitrogens is 3. The van der Waals surface area contributed by atoms with Crippen LogP contribution >= 0.6 is 0 Å². The Morgan fingerprint density at radius 2 is 2.00 bits per heavy atom. The third kappa shape index (κ3) is 3.33. The van der Waals surface area contributed by atoms with Gasteiger partial charge in [0.25, 0.3) is 0 Å². The van der Waals surface area contributed by atoms with Crippen LogP contribution in [0, 0.1) is 0 Å². The van der Waals surface area contributed by atoms with Gasteiger partial charge >= 0.3 is 0 Å². The van der Waals surface area contributed by atoms with Crippen molar-refractivity contribution in [2.45, 2.75) is 65.2 Å². The molecule has 0 amide bonds. The van der Waals surface area contributed by atoms with Crippen molar-refractivity contribution in [1.29, 1.82) is 0 Å². The number of unbranched alkanes of at least 4 members (excludes halogenated alkanes) is 1. The van der Waals surface area contributed by atoms with Crippen LogP contribution in [0.2, 0.25) is 0 Å². The van der Waals surface area contributed by atoms with Gasteiger partial charge in [-0.3, -0.25) is 5.10 Å². The zero-order chi connectivity index (χ0) is 11.3. The monoisotopic (exact) mass is 209 g/mol. The Labute approximate surface area is 92.7 Å². The predicted octanol–water partition coefficient (Wildman–Crippen LogP) is 3.61. The molecule has 0 saturated heterocycles. The number of H-pyrrole nitrogens is 1. The second-order valence-corrected chi connectivity index (χ2v) is 4.48. The third-order valence-corrected chi connectivity index (χ3v) is 2.82. The lowest BCUT2D eigenvalue weighted by molar-refractivity contribution is 0.544. The topological polar surface area (TPSA) is 41.6 Å². The molecule has 1 unspecified atom stereocenters. The first-order valence-corrected chi connectivity index (χ1v) is 6.11. The van der Waals surface area contributed by atoms with E-state index in [1.54, 1.807) is 0 Å². The molecule has 1 N–H and O–H groups in total. The average molecular weight is 209 g/mol. The average Bonchev–Trinajstić information content (AvgIpc) is 2.68. The van der Waals surface area contributed by atoms with E-state index in [9.17, 15) is 0 Å². The Morgan fingerprint density at radius 3 is 2.47 bits per heavy atom. The highest BCUT2D eigenvalue weighted by molar-refractivity contribution is 5.00. The Balaban J connectivity index is 2.65. The summed E-state index contributed by atoms with van der Waals surface area (Å²) in [5, 5.41) is 7.34. The fourth-order valence-electron chi connectivity index (χ4n) is 1.71. The highest BCUT2D eigenvalue weighted by Crippen LogP contribution is 2.23. The smallest absolute Gasteiger partial charge is 0.153 e. The summed E-state index contributed by atoms with van der Waals surface area (Å²) < 4.78 is 0. The first-order chi connectivity index (χ1) is 7.19. The van der Waals surface area contributed by atoms with Gasteiger partial charge in [0, 0.05) is 11.8 Å². The van der Waals surface area contributed by atoms with Crippen molar-refractivity contribution in [3.63, 3.8) is 0 Å². The molecule has 86 valence electrons. The van der Waals surface area contributed by atoms with Crippen LogP contribution in [-0.4, -0.2) is 15.2 Å². The molecule has 15 heavy (non-hydrogen) atoms. The summed E-state index contributed by atoms with van der Waals surface area (Å²) in [5.41, 5.74) is 0. The Bertz CT molecular complexity index is 278. The summed E-state index contributed by atoms with van der Waals surface area (Å²) in [5.74, 6) is 3.00. The maximum Gasteiger partial charge on any atom is 0.153 e. The number of hydrogen-bond donors (Lipinski definition) is 1. The van der Waals surface area contributed by atoms with Crippen molar-refractivity contribution in [3.05, 3.63) is 11.6 Å². The fourth-order valence-corrected chi connectivity index (χ4v) is 1.71. The number of aromatic amines is 1. The van der Waals surface area contributed by atoms with Crippen molar-refractivity contribution >= 4 is 0 Å². The first-order valence-electron chi connectivity index (χ1n) is 6.11. The highest BCUT2D eigenvalue weighted by Gasteiger charge is 2.14. The van der Waals surface area contributed by atoms with E-state index in [0.717, 1.165) is 18.1 Å². The number of rotatable bonds is 6. The van der Waals surface area contributed by atoms with Crippen LogP contribution in [-0.2, 0) is 0 Å². The maximum atomic E-state index is 4.57. The van der Waals surface area contributed by atoms with Crippen molar-refractivity contribution in [2.75, 3.05) is 0 Å². The molecular formula is C12H23N3. The van der Waals surface area contributed by atoms with Crippen LogP contribution in [0.25, 0.3) is 0 Å². The molecule has 1 aromatic rings. The molecule has 0 fully saturated rings. The van der Waals surface area contributed by atoms with Gasteiger partial charge in [-0.2, -0.15) is 5.10 Å². The van der Waals surface area contributed by atoms with Gasteiger partial charge in [-0.1, -0.05) is 40.5 Å². The summed E-state index contributed by atoms with van der Waals surface area (Å²) >= 11 is 0. The lowest BCUT2D eigenvalue weighted by atomic mass is 9.99. The van der Waals surface area contributed by atoms with Crippen molar-refractivity contribution in [2.24, 2.45) is 0 Å². The van der Waals surface area contributed by atoms with Crippen molar-refractivity contribution in [1.82, 2.24) is 15.2 Å². The van der Waals surface area contributed by atoms with Crippen LogP contribution in [0.5, 0.6) is 0 Å². The lowest BCUT2D eigenvalue weighted by Crippen LogP contribution is -2.00. The van der Waals surface area contributed by atoms with Gasteiger partial charge in [0.05, 0.1) is 0 Å². The molecule has 3 nitrogen and oxygen atoms in total. The molecule has 3 heteroatoms. The summed E-state index contributed by atoms with van der Waals surface area (Å²) in [6, 6.07) is 0. The summed E-state index contributed by atoms with van der Waals surface area (Å²) in [7, 11) is 0. The minimum absolute atomic E-state index is 0.415.